The lowest BCUT2D eigenvalue weighted by Crippen LogP contribution is -2.25. The molecule has 0 bridgehead atoms. The van der Waals surface area contributed by atoms with Crippen LogP contribution in [0.25, 0.3) is 0 Å². The number of aromatic nitrogens is 1. The van der Waals surface area contributed by atoms with Gasteiger partial charge in [0.2, 0.25) is 0 Å². The van der Waals surface area contributed by atoms with Crippen LogP contribution in [0, 0.1) is 0 Å². The third-order valence-corrected chi connectivity index (χ3v) is 3.71. The lowest BCUT2D eigenvalue weighted by molar-refractivity contribution is 0.0953. The fraction of sp³-hybridized carbons (Fsp3) is 0.316. The first-order valence-electron chi connectivity index (χ1n) is 8.34. The molecule has 0 saturated heterocycles. The van der Waals surface area contributed by atoms with Crippen molar-refractivity contribution in [1.82, 2.24) is 10.3 Å². The number of carbonyl (C=O) groups excluding carboxylic acids is 2. The summed E-state index contributed by atoms with van der Waals surface area (Å²) < 4.78 is 0. The maximum atomic E-state index is 12.4. The van der Waals surface area contributed by atoms with E-state index in [1.165, 1.54) is 12.3 Å². The molecular weight excluding hydrogens is 316 g/mol. The predicted octanol–water partition coefficient (Wildman–Crippen LogP) is 2.93. The first kappa shape index (κ1) is 18.4. The molecule has 1 aromatic heterocycles. The van der Waals surface area contributed by atoms with Gasteiger partial charge in [-0.2, -0.15) is 0 Å². The molecule has 0 aliphatic carbocycles. The smallest absolute Gasteiger partial charge is 0.274 e. The number of hydrogen-bond donors (Lipinski definition) is 2. The summed E-state index contributed by atoms with van der Waals surface area (Å²) in [6, 6.07) is 10.6. The van der Waals surface area contributed by atoms with Crippen molar-refractivity contribution in [2.45, 2.75) is 19.8 Å². The molecule has 2 amide bonds. The molecular formula is C19H24N4O2. The zero-order valence-corrected chi connectivity index (χ0v) is 14.9. The maximum absolute atomic E-state index is 12.4. The molecule has 0 atom stereocenters. The number of nitrogens with zero attached hydrogens (tertiary/aromatic N) is 2. The van der Waals surface area contributed by atoms with Crippen molar-refractivity contribution in [1.29, 1.82) is 0 Å². The highest BCUT2D eigenvalue weighted by Crippen LogP contribution is 2.16. The van der Waals surface area contributed by atoms with Gasteiger partial charge in [-0.1, -0.05) is 13.3 Å². The van der Waals surface area contributed by atoms with Gasteiger partial charge >= 0.3 is 0 Å². The Balaban J connectivity index is 2.04. The van der Waals surface area contributed by atoms with E-state index in [0.717, 1.165) is 18.5 Å². The monoisotopic (exact) mass is 340 g/mol. The zero-order valence-electron chi connectivity index (χ0n) is 14.9. The van der Waals surface area contributed by atoms with E-state index in [9.17, 15) is 9.59 Å². The van der Waals surface area contributed by atoms with Crippen LogP contribution in [-0.2, 0) is 0 Å². The molecule has 1 aromatic carbocycles. The van der Waals surface area contributed by atoms with Crippen LogP contribution >= 0.6 is 0 Å². The zero-order chi connectivity index (χ0) is 18.2. The summed E-state index contributed by atoms with van der Waals surface area (Å²) in [7, 11) is 3.91. The number of anilines is 2. The number of amides is 2. The third kappa shape index (κ3) is 5.31. The van der Waals surface area contributed by atoms with Crippen molar-refractivity contribution in [2.24, 2.45) is 0 Å². The number of rotatable bonds is 7. The Hall–Kier alpha value is -2.89. The van der Waals surface area contributed by atoms with E-state index < -0.39 is 0 Å². The summed E-state index contributed by atoms with van der Waals surface area (Å²) >= 11 is 0. The summed E-state index contributed by atoms with van der Waals surface area (Å²) in [4.78, 5) is 30.5. The van der Waals surface area contributed by atoms with E-state index in [-0.39, 0.29) is 17.5 Å². The molecule has 0 unspecified atom stereocenters. The van der Waals surface area contributed by atoms with E-state index in [1.54, 1.807) is 6.07 Å². The molecule has 132 valence electrons. The SMILES string of the molecule is CCCCNC(=O)c1ccnc(C(=O)Nc2ccc(N(C)C)cc2)c1. The minimum atomic E-state index is -0.346. The molecule has 0 spiro atoms. The number of nitrogens with one attached hydrogen (secondary N) is 2. The predicted molar refractivity (Wildman–Crippen MR) is 100 cm³/mol. The standard InChI is InChI=1S/C19H24N4O2/c1-4-5-11-21-18(24)14-10-12-20-17(13-14)19(25)22-15-6-8-16(9-7-15)23(2)3/h6-10,12-13H,4-5,11H2,1-3H3,(H,21,24)(H,22,25). The Morgan fingerprint density at radius 2 is 1.80 bits per heavy atom. The number of hydrogen-bond acceptors (Lipinski definition) is 4. The van der Waals surface area contributed by atoms with Gasteiger partial charge in [-0.3, -0.25) is 14.6 Å². The summed E-state index contributed by atoms with van der Waals surface area (Å²) in [5, 5.41) is 5.62. The first-order valence-corrected chi connectivity index (χ1v) is 8.34. The van der Waals surface area contributed by atoms with Crippen LogP contribution in [0.5, 0.6) is 0 Å². The van der Waals surface area contributed by atoms with Gasteiger partial charge in [-0.15, -0.1) is 0 Å². The fourth-order valence-corrected chi connectivity index (χ4v) is 2.21. The molecule has 2 N–H and O–H groups in total. The number of carbonyl (C=O) groups is 2. The van der Waals surface area contributed by atoms with Gasteiger partial charge in [-0.25, -0.2) is 0 Å². The molecule has 2 rings (SSSR count). The average molecular weight is 340 g/mol. The number of benzene rings is 1. The third-order valence-electron chi connectivity index (χ3n) is 3.71. The van der Waals surface area contributed by atoms with Gasteiger partial charge in [0.05, 0.1) is 0 Å². The minimum absolute atomic E-state index is 0.194. The van der Waals surface area contributed by atoms with Gasteiger partial charge in [0.1, 0.15) is 5.69 Å². The van der Waals surface area contributed by atoms with E-state index in [2.05, 4.69) is 22.5 Å². The van der Waals surface area contributed by atoms with Crippen LogP contribution in [0.4, 0.5) is 11.4 Å². The van der Waals surface area contributed by atoms with Crippen molar-refractivity contribution in [3.8, 4) is 0 Å². The van der Waals surface area contributed by atoms with Gasteiger partial charge in [0.15, 0.2) is 0 Å². The molecule has 6 nitrogen and oxygen atoms in total. The quantitative estimate of drug-likeness (QED) is 0.760. The van der Waals surface area contributed by atoms with Gasteiger partial charge < -0.3 is 15.5 Å². The lowest BCUT2D eigenvalue weighted by Gasteiger charge is -2.13. The highest BCUT2D eigenvalue weighted by Gasteiger charge is 2.12. The van der Waals surface area contributed by atoms with E-state index in [0.29, 0.717) is 17.8 Å². The molecule has 2 aromatic rings. The molecule has 25 heavy (non-hydrogen) atoms. The molecule has 0 aliphatic rings. The maximum Gasteiger partial charge on any atom is 0.274 e. The summed E-state index contributed by atoms with van der Waals surface area (Å²) in [6.45, 7) is 2.68. The van der Waals surface area contributed by atoms with Gasteiger partial charge in [0.25, 0.3) is 11.8 Å². The van der Waals surface area contributed by atoms with Crippen molar-refractivity contribution in [2.75, 3.05) is 30.9 Å². The second-order valence-electron chi connectivity index (χ2n) is 5.93. The minimum Gasteiger partial charge on any atom is -0.378 e. The molecule has 6 heteroatoms. The van der Waals surface area contributed by atoms with Gasteiger partial charge in [0, 0.05) is 43.8 Å². The topological polar surface area (TPSA) is 74.3 Å². The van der Waals surface area contributed by atoms with Crippen LogP contribution in [0.2, 0.25) is 0 Å². The fourth-order valence-electron chi connectivity index (χ4n) is 2.21. The number of unbranched alkanes of at least 4 members (excludes halogenated alkanes) is 1. The average Bonchev–Trinajstić information content (AvgIpc) is 2.62. The van der Waals surface area contributed by atoms with E-state index >= 15 is 0 Å². The largest absolute Gasteiger partial charge is 0.378 e. The van der Waals surface area contributed by atoms with E-state index in [1.807, 2.05) is 43.3 Å². The Morgan fingerprint density at radius 1 is 1.08 bits per heavy atom. The Kier molecular flexibility index (Phi) is 6.51. The molecule has 0 radical (unpaired) electrons. The summed E-state index contributed by atoms with van der Waals surface area (Å²) in [5.74, 6) is -0.541. The van der Waals surface area contributed by atoms with Crippen molar-refractivity contribution in [3.63, 3.8) is 0 Å². The Morgan fingerprint density at radius 3 is 2.44 bits per heavy atom. The number of pyridine rings is 1. The molecule has 0 aliphatic heterocycles. The van der Waals surface area contributed by atoms with Crippen LogP contribution < -0.4 is 15.5 Å². The second-order valence-corrected chi connectivity index (χ2v) is 5.93. The van der Waals surface area contributed by atoms with Gasteiger partial charge in [-0.05, 0) is 42.8 Å². The van der Waals surface area contributed by atoms with Crippen molar-refractivity contribution in [3.05, 3.63) is 53.9 Å². The Labute approximate surface area is 148 Å². The summed E-state index contributed by atoms with van der Waals surface area (Å²) in [5.41, 5.74) is 2.36. The molecule has 0 saturated carbocycles. The summed E-state index contributed by atoms with van der Waals surface area (Å²) in [6.07, 6.45) is 3.41. The first-order chi connectivity index (χ1) is 12.0. The van der Waals surface area contributed by atoms with Crippen LogP contribution in [-0.4, -0.2) is 37.4 Å². The normalized spacial score (nSPS) is 10.2. The van der Waals surface area contributed by atoms with E-state index in [4.69, 9.17) is 0 Å². The van der Waals surface area contributed by atoms with Crippen LogP contribution in [0.3, 0.4) is 0 Å². The lowest BCUT2D eigenvalue weighted by atomic mass is 10.2. The van der Waals surface area contributed by atoms with Crippen LogP contribution in [0.1, 0.15) is 40.6 Å². The highest BCUT2D eigenvalue weighted by molar-refractivity contribution is 6.04. The van der Waals surface area contributed by atoms with Crippen molar-refractivity contribution < 1.29 is 9.59 Å². The Bertz CT molecular complexity index is 726. The second kappa shape index (κ2) is 8.82. The molecule has 1 heterocycles. The van der Waals surface area contributed by atoms with Crippen molar-refractivity contribution >= 4 is 23.2 Å². The highest BCUT2D eigenvalue weighted by atomic mass is 16.2. The van der Waals surface area contributed by atoms with Crippen LogP contribution in [0.15, 0.2) is 42.6 Å². The molecule has 0 fully saturated rings.